The average molecular weight is 270 g/mol. The van der Waals surface area contributed by atoms with E-state index in [1.165, 1.54) is 19.3 Å². The van der Waals surface area contributed by atoms with E-state index >= 15 is 0 Å². The number of para-hydroxylation sites is 2. The van der Waals surface area contributed by atoms with Crippen LogP contribution in [0.1, 0.15) is 37.8 Å². The van der Waals surface area contributed by atoms with Crippen molar-refractivity contribution in [1.82, 2.24) is 9.97 Å². The third kappa shape index (κ3) is 2.75. The summed E-state index contributed by atoms with van der Waals surface area (Å²) in [5.74, 6) is 0.860. The number of nitrogens with one attached hydrogen (secondary N) is 1. The Hall–Kier alpha value is -1.68. The highest BCUT2D eigenvalue weighted by Crippen LogP contribution is 2.26. The standard InChI is InChI=1S/C16H22N4/c1-12-15(18-11-16(17)9-5-2-6-10-16)20-14-8-4-3-7-13(14)19-12/h3-4,7-8H,2,5-6,9-11,17H2,1H3,(H,18,20). The summed E-state index contributed by atoms with van der Waals surface area (Å²) in [6.45, 7) is 2.77. The van der Waals surface area contributed by atoms with Crippen molar-refractivity contribution in [3.8, 4) is 0 Å². The largest absolute Gasteiger partial charge is 0.367 e. The van der Waals surface area contributed by atoms with E-state index in [0.29, 0.717) is 0 Å². The fourth-order valence-corrected chi connectivity index (χ4v) is 2.95. The summed E-state index contributed by atoms with van der Waals surface area (Å²) in [4.78, 5) is 9.26. The molecule has 1 heterocycles. The Morgan fingerprint density at radius 1 is 1.10 bits per heavy atom. The van der Waals surface area contributed by atoms with Gasteiger partial charge < -0.3 is 11.1 Å². The molecular weight excluding hydrogens is 248 g/mol. The lowest BCUT2D eigenvalue weighted by atomic mass is 9.82. The zero-order valence-electron chi connectivity index (χ0n) is 12.0. The molecule has 20 heavy (non-hydrogen) atoms. The molecule has 1 aromatic heterocycles. The summed E-state index contributed by atoms with van der Waals surface area (Å²) in [6.07, 6.45) is 5.98. The zero-order valence-corrected chi connectivity index (χ0v) is 12.0. The van der Waals surface area contributed by atoms with Gasteiger partial charge in [0.25, 0.3) is 0 Å². The lowest BCUT2D eigenvalue weighted by Crippen LogP contribution is -2.47. The molecule has 1 saturated carbocycles. The van der Waals surface area contributed by atoms with E-state index in [1.807, 2.05) is 31.2 Å². The molecule has 3 rings (SSSR count). The maximum Gasteiger partial charge on any atom is 0.148 e. The molecule has 0 saturated heterocycles. The molecule has 1 aromatic carbocycles. The van der Waals surface area contributed by atoms with Gasteiger partial charge in [0.2, 0.25) is 0 Å². The summed E-state index contributed by atoms with van der Waals surface area (Å²) in [5, 5.41) is 3.42. The van der Waals surface area contributed by atoms with Crippen LogP contribution in [0.2, 0.25) is 0 Å². The fourth-order valence-electron chi connectivity index (χ4n) is 2.95. The van der Waals surface area contributed by atoms with Crippen LogP contribution in [0.5, 0.6) is 0 Å². The van der Waals surface area contributed by atoms with Gasteiger partial charge >= 0.3 is 0 Å². The number of fused-ring (bicyclic) bond motifs is 1. The summed E-state index contributed by atoms with van der Waals surface area (Å²) < 4.78 is 0. The highest BCUT2D eigenvalue weighted by Gasteiger charge is 2.27. The van der Waals surface area contributed by atoms with E-state index in [1.54, 1.807) is 0 Å². The number of nitrogens with two attached hydrogens (primary N) is 1. The molecule has 0 atom stereocenters. The average Bonchev–Trinajstić information content (AvgIpc) is 2.46. The molecule has 0 amide bonds. The number of hydrogen-bond acceptors (Lipinski definition) is 4. The first-order valence-corrected chi connectivity index (χ1v) is 7.42. The number of aryl methyl sites for hydroxylation is 1. The van der Waals surface area contributed by atoms with Crippen molar-refractivity contribution in [2.24, 2.45) is 5.73 Å². The fraction of sp³-hybridized carbons (Fsp3) is 0.500. The minimum atomic E-state index is -0.0853. The predicted molar refractivity (Wildman–Crippen MR) is 82.8 cm³/mol. The van der Waals surface area contributed by atoms with E-state index in [9.17, 15) is 0 Å². The normalized spacial score (nSPS) is 18.1. The molecular formula is C16H22N4. The van der Waals surface area contributed by atoms with Gasteiger partial charge in [-0.3, -0.25) is 0 Å². The van der Waals surface area contributed by atoms with Crippen LogP contribution in [0.3, 0.4) is 0 Å². The molecule has 1 fully saturated rings. The van der Waals surface area contributed by atoms with Gasteiger partial charge in [0.1, 0.15) is 5.82 Å². The number of rotatable bonds is 3. The molecule has 106 valence electrons. The highest BCUT2D eigenvalue weighted by molar-refractivity contribution is 5.76. The Morgan fingerprint density at radius 3 is 2.45 bits per heavy atom. The minimum absolute atomic E-state index is 0.0853. The van der Waals surface area contributed by atoms with Crippen molar-refractivity contribution in [3.63, 3.8) is 0 Å². The monoisotopic (exact) mass is 270 g/mol. The third-order valence-electron chi connectivity index (χ3n) is 4.20. The van der Waals surface area contributed by atoms with Gasteiger partial charge in [-0.05, 0) is 31.9 Å². The minimum Gasteiger partial charge on any atom is -0.367 e. The van der Waals surface area contributed by atoms with Gasteiger partial charge in [-0.15, -0.1) is 0 Å². The molecule has 0 bridgehead atoms. The summed E-state index contributed by atoms with van der Waals surface area (Å²) in [6, 6.07) is 7.96. The lowest BCUT2D eigenvalue weighted by Gasteiger charge is -2.33. The number of anilines is 1. The van der Waals surface area contributed by atoms with Gasteiger partial charge in [0.05, 0.1) is 16.7 Å². The first-order valence-electron chi connectivity index (χ1n) is 7.42. The van der Waals surface area contributed by atoms with Crippen LogP contribution in [0, 0.1) is 6.92 Å². The van der Waals surface area contributed by atoms with Crippen molar-refractivity contribution < 1.29 is 0 Å². The zero-order chi connectivity index (χ0) is 14.0. The molecule has 0 radical (unpaired) electrons. The Labute approximate surface area is 119 Å². The number of nitrogens with zero attached hydrogens (tertiary/aromatic N) is 2. The summed E-state index contributed by atoms with van der Waals surface area (Å²) in [7, 11) is 0. The van der Waals surface area contributed by atoms with Crippen molar-refractivity contribution in [2.45, 2.75) is 44.6 Å². The van der Waals surface area contributed by atoms with Crippen LogP contribution in [0.15, 0.2) is 24.3 Å². The Balaban J connectivity index is 1.78. The number of hydrogen-bond donors (Lipinski definition) is 2. The smallest absolute Gasteiger partial charge is 0.148 e. The first-order chi connectivity index (χ1) is 9.66. The highest BCUT2D eigenvalue weighted by atomic mass is 15.0. The maximum atomic E-state index is 6.46. The number of benzene rings is 1. The molecule has 0 spiro atoms. The van der Waals surface area contributed by atoms with Crippen LogP contribution < -0.4 is 11.1 Å². The summed E-state index contributed by atoms with van der Waals surface area (Å²) in [5.41, 5.74) is 9.17. The van der Waals surface area contributed by atoms with Crippen molar-refractivity contribution in [3.05, 3.63) is 30.0 Å². The Morgan fingerprint density at radius 2 is 1.75 bits per heavy atom. The van der Waals surface area contributed by atoms with Crippen LogP contribution in [0.25, 0.3) is 11.0 Å². The topological polar surface area (TPSA) is 63.8 Å². The second kappa shape index (κ2) is 5.37. The predicted octanol–water partition coefficient (Wildman–Crippen LogP) is 3.01. The summed E-state index contributed by atoms with van der Waals surface area (Å²) >= 11 is 0. The van der Waals surface area contributed by atoms with Gasteiger partial charge in [-0.25, -0.2) is 9.97 Å². The van der Waals surface area contributed by atoms with E-state index in [2.05, 4.69) is 15.3 Å². The maximum absolute atomic E-state index is 6.46. The molecule has 0 unspecified atom stereocenters. The molecule has 2 aromatic rings. The first kappa shape index (κ1) is 13.3. The molecule has 0 aliphatic heterocycles. The molecule has 1 aliphatic carbocycles. The van der Waals surface area contributed by atoms with Crippen LogP contribution in [-0.2, 0) is 0 Å². The number of aromatic nitrogens is 2. The van der Waals surface area contributed by atoms with Crippen molar-refractivity contribution in [2.75, 3.05) is 11.9 Å². The third-order valence-corrected chi connectivity index (χ3v) is 4.20. The van der Waals surface area contributed by atoms with Gasteiger partial charge in [-0.2, -0.15) is 0 Å². The van der Waals surface area contributed by atoms with E-state index < -0.39 is 0 Å². The quantitative estimate of drug-likeness (QED) is 0.900. The molecule has 4 nitrogen and oxygen atoms in total. The second-order valence-corrected chi connectivity index (χ2v) is 5.92. The van der Waals surface area contributed by atoms with Crippen LogP contribution in [-0.4, -0.2) is 22.1 Å². The molecule has 1 aliphatic rings. The SMILES string of the molecule is Cc1nc2ccccc2nc1NCC1(N)CCCCC1. The molecule has 4 heteroatoms. The van der Waals surface area contributed by atoms with E-state index in [4.69, 9.17) is 5.73 Å². The molecule has 3 N–H and O–H groups in total. The van der Waals surface area contributed by atoms with E-state index in [-0.39, 0.29) is 5.54 Å². The Bertz CT molecular complexity index is 602. The van der Waals surface area contributed by atoms with Crippen LogP contribution in [0.4, 0.5) is 5.82 Å². The van der Waals surface area contributed by atoms with E-state index in [0.717, 1.165) is 41.9 Å². The lowest BCUT2D eigenvalue weighted by molar-refractivity contribution is 0.311. The van der Waals surface area contributed by atoms with Crippen molar-refractivity contribution >= 4 is 16.9 Å². The van der Waals surface area contributed by atoms with Gasteiger partial charge in [0, 0.05) is 12.1 Å². The van der Waals surface area contributed by atoms with Crippen molar-refractivity contribution in [1.29, 1.82) is 0 Å². The Kier molecular flexibility index (Phi) is 3.57. The second-order valence-electron chi connectivity index (χ2n) is 5.92. The van der Waals surface area contributed by atoms with Gasteiger partial charge in [-0.1, -0.05) is 31.4 Å². The van der Waals surface area contributed by atoms with Gasteiger partial charge in [0.15, 0.2) is 0 Å². The van der Waals surface area contributed by atoms with Crippen LogP contribution >= 0.6 is 0 Å².